The van der Waals surface area contributed by atoms with E-state index in [0.717, 1.165) is 60.4 Å². The average Bonchev–Trinajstić information content (AvgIpc) is 3.41. The number of aromatic nitrogens is 2. The molecule has 32 heavy (non-hydrogen) atoms. The van der Waals surface area contributed by atoms with Gasteiger partial charge in [-0.3, -0.25) is 9.48 Å². The zero-order valence-electron chi connectivity index (χ0n) is 19.0. The van der Waals surface area contributed by atoms with Crippen molar-refractivity contribution in [2.24, 2.45) is 0 Å². The number of carbonyl (C=O) groups is 1. The Kier molecular flexibility index (Phi) is 6.57. The van der Waals surface area contributed by atoms with Crippen molar-refractivity contribution in [3.63, 3.8) is 0 Å². The Morgan fingerprint density at radius 1 is 1.31 bits per heavy atom. The monoisotopic (exact) mass is 460 g/mol. The van der Waals surface area contributed by atoms with E-state index in [1.165, 1.54) is 6.26 Å². The number of hydrogen-bond acceptors (Lipinski definition) is 6. The summed E-state index contributed by atoms with van der Waals surface area (Å²) in [6, 6.07) is 4.45. The van der Waals surface area contributed by atoms with Crippen LogP contribution in [0.25, 0.3) is 11.1 Å². The molecule has 8 nitrogen and oxygen atoms in total. The van der Waals surface area contributed by atoms with E-state index in [1.807, 2.05) is 23.2 Å². The van der Waals surface area contributed by atoms with E-state index in [4.69, 9.17) is 4.74 Å². The molecule has 1 aromatic carbocycles. The van der Waals surface area contributed by atoms with Crippen LogP contribution < -0.4 is 15.0 Å². The molecule has 0 aliphatic carbocycles. The van der Waals surface area contributed by atoms with Gasteiger partial charge in [0, 0.05) is 48.2 Å². The van der Waals surface area contributed by atoms with Crippen LogP contribution in [-0.4, -0.2) is 61.3 Å². The van der Waals surface area contributed by atoms with Gasteiger partial charge in [-0.05, 0) is 51.3 Å². The predicted molar refractivity (Wildman–Crippen MR) is 125 cm³/mol. The summed E-state index contributed by atoms with van der Waals surface area (Å²) in [5, 5.41) is 7.83. The summed E-state index contributed by atoms with van der Waals surface area (Å²) < 4.78 is 31.1. The number of anilines is 1. The van der Waals surface area contributed by atoms with Crippen LogP contribution in [0.15, 0.2) is 24.5 Å². The highest BCUT2D eigenvalue weighted by Gasteiger charge is 2.30. The second-order valence-electron chi connectivity index (χ2n) is 8.94. The van der Waals surface area contributed by atoms with Crippen molar-refractivity contribution < 1.29 is 17.9 Å². The van der Waals surface area contributed by atoms with Gasteiger partial charge in [0.25, 0.3) is 0 Å². The van der Waals surface area contributed by atoms with Gasteiger partial charge < -0.3 is 15.0 Å². The fraction of sp³-hybridized carbons (Fsp3) is 0.565. The first-order valence-corrected chi connectivity index (χ1v) is 13.3. The first kappa shape index (κ1) is 22.8. The standard InChI is InChI=1S/C23H32N4O4S/c1-16-6-7-21-22(27(16)17(2)28)9-8-20(23(21)31-15-19-5-4-10-24-19)18-13-25-26(14-18)11-12-32(3,29)30/h8-9,13-14,16,19,24H,4-7,10-12,15H2,1-3H3/t16-,19+/m0/s1. The van der Waals surface area contributed by atoms with Crippen molar-refractivity contribution in [1.82, 2.24) is 15.1 Å². The van der Waals surface area contributed by atoms with Crippen LogP contribution in [0.2, 0.25) is 0 Å². The molecule has 2 aromatic rings. The molecule has 9 heteroatoms. The molecule has 1 saturated heterocycles. The molecule has 0 saturated carbocycles. The Labute approximate surface area is 189 Å². The maximum Gasteiger partial charge on any atom is 0.224 e. The summed E-state index contributed by atoms with van der Waals surface area (Å²) in [5.74, 6) is 0.876. The molecular weight excluding hydrogens is 428 g/mol. The van der Waals surface area contributed by atoms with E-state index >= 15 is 0 Å². The number of nitrogens with one attached hydrogen (secondary N) is 1. The van der Waals surface area contributed by atoms with Gasteiger partial charge in [-0.1, -0.05) is 0 Å². The largest absolute Gasteiger partial charge is 0.491 e. The minimum absolute atomic E-state index is 0.0307. The van der Waals surface area contributed by atoms with Gasteiger partial charge in [0.1, 0.15) is 22.2 Å². The van der Waals surface area contributed by atoms with Crippen molar-refractivity contribution in [2.45, 2.75) is 58.2 Å². The lowest BCUT2D eigenvalue weighted by molar-refractivity contribution is -0.117. The molecule has 0 bridgehead atoms. The second kappa shape index (κ2) is 9.23. The number of benzene rings is 1. The van der Waals surface area contributed by atoms with E-state index < -0.39 is 9.84 Å². The summed E-state index contributed by atoms with van der Waals surface area (Å²) in [4.78, 5) is 14.2. The molecule has 2 atom stereocenters. The van der Waals surface area contributed by atoms with E-state index in [0.29, 0.717) is 19.2 Å². The maximum absolute atomic E-state index is 12.4. The first-order valence-electron chi connectivity index (χ1n) is 11.3. The van der Waals surface area contributed by atoms with Crippen LogP contribution in [0.3, 0.4) is 0 Å². The van der Waals surface area contributed by atoms with Gasteiger partial charge in [-0.15, -0.1) is 0 Å². The molecule has 2 aliphatic heterocycles. The van der Waals surface area contributed by atoms with Crippen molar-refractivity contribution in [2.75, 3.05) is 30.1 Å². The topological polar surface area (TPSA) is 93.5 Å². The quantitative estimate of drug-likeness (QED) is 0.682. The summed E-state index contributed by atoms with van der Waals surface area (Å²) in [5.41, 5.74) is 3.77. The molecule has 0 radical (unpaired) electrons. The SMILES string of the molecule is CC(=O)N1c2ccc(-c3cnn(CCS(C)(=O)=O)c3)c(OC[C@H]3CCCN3)c2CC[C@@H]1C. The lowest BCUT2D eigenvalue weighted by Crippen LogP contribution is -2.41. The zero-order chi connectivity index (χ0) is 22.9. The van der Waals surface area contributed by atoms with Gasteiger partial charge in [0.2, 0.25) is 5.91 Å². The van der Waals surface area contributed by atoms with Crippen LogP contribution in [0, 0.1) is 0 Å². The highest BCUT2D eigenvalue weighted by Crippen LogP contribution is 2.43. The Morgan fingerprint density at radius 3 is 2.81 bits per heavy atom. The molecule has 4 rings (SSSR count). The van der Waals surface area contributed by atoms with Gasteiger partial charge in [0.15, 0.2) is 0 Å². The Bertz CT molecular complexity index is 1090. The highest BCUT2D eigenvalue weighted by atomic mass is 32.2. The third-order valence-electron chi connectivity index (χ3n) is 6.31. The van der Waals surface area contributed by atoms with Gasteiger partial charge in [0.05, 0.1) is 24.2 Å². The Morgan fingerprint density at radius 2 is 2.12 bits per heavy atom. The Balaban J connectivity index is 1.70. The van der Waals surface area contributed by atoms with Crippen LogP contribution in [0.5, 0.6) is 5.75 Å². The zero-order valence-corrected chi connectivity index (χ0v) is 19.8. The van der Waals surface area contributed by atoms with E-state index in [-0.39, 0.29) is 17.7 Å². The number of hydrogen-bond donors (Lipinski definition) is 1. The molecule has 0 spiro atoms. The Hall–Kier alpha value is -2.39. The minimum atomic E-state index is -3.07. The predicted octanol–water partition coefficient (Wildman–Crippen LogP) is 2.41. The number of amides is 1. The van der Waals surface area contributed by atoms with E-state index in [9.17, 15) is 13.2 Å². The molecule has 1 amide bonds. The highest BCUT2D eigenvalue weighted by molar-refractivity contribution is 7.90. The molecule has 1 N–H and O–H groups in total. The molecular formula is C23H32N4O4S. The van der Waals surface area contributed by atoms with Crippen LogP contribution >= 0.6 is 0 Å². The number of rotatable bonds is 7. The number of nitrogens with zero attached hydrogens (tertiary/aromatic N) is 3. The van der Waals surface area contributed by atoms with E-state index in [2.05, 4.69) is 17.3 Å². The van der Waals surface area contributed by atoms with Crippen LogP contribution in [0.4, 0.5) is 5.69 Å². The molecule has 1 fully saturated rings. The van der Waals surface area contributed by atoms with Crippen molar-refractivity contribution in [3.05, 3.63) is 30.1 Å². The number of carbonyl (C=O) groups excluding carboxylic acids is 1. The lowest BCUT2D eigenvalue weighted by atomic mass is 9.92. The van der Waals surface area contributed by atoms with Crippen molar-refractivity contribution >= 4 is 21.4 Å². The van der Waals surface area contributed by atoms with Crippen molar-refractivity contribution in [1.29, 1.82) is 0 Å². The van der Waals surface area contributed by atoms with Crippen molar-refractivity contribution in [3.8, 4) is 16.9 Å². The number of ether oxygens (including phenoxy) is 1. The number of sulfone groups is 1. The average molecular weight is 461 g/mol. The summed E-state index contributed by atoms with van der Waals surface area (Å²) in [7, 11) is -3.07. The molecule has 2 aliphatic rings. The summed E-state index contributed by atoms with van der Waals surface area (Å²) in [6.45, 7) is 5.57. The smallest absolute Gasteiger partial charge is 0.224 e. The first-order chi connectivity index (χ1) is 15.2. The van der Waals surface area contributed by atoms with Gasteiger partial charge in [-0.25, -0.2) is 8.42 Å². The van der Waals surface area contributed by atoms with Gasteiger partial charge >= 0.3 is 0 Å². The normalized spacial score (nSPS) is 20.9. The summed E-state index contributed by atoms with van der Waals surface area (Å²) >= 11 is 0. The molecule has 0 unspecified atom stereocenters. The number of fused-ring (bicyclic) bond motifs is 1. The maximum atomic E-state index is 12.4. The minimum Gasteiger partial charge on any atom is -0.491 e. The fourth-order valence-electron chi connectivity index (χ4n) is 4.64. The second-order valence-corrected chi connectivity index (χ2v) is 11.2. The fourth-order valence-corrected chi connectivity index (χ4v) is 5.16. The third-order valence-corrected chi connectivity index (χ3v) is 7.24. The van der Waals surface area contributed by atoms with Crippen LogP contribution in [-0.2, 0) is 27.6 Å². The number of aryl methyl sites for hydroxylation is 1. The van der Waals surface area contributed by atoms with Crippen LogP contribution in [0.1, 0.15) is 38.7 Å². The molecule has 174 valence electrons. The third kappa shape index (κ3) is 4.99. The van der Waals surface area contributed by atoms with E-state index in [1.54, 1.807) is 17.8 Å². The summed E-state index contributed by atoms with van der Waals surface area (Å²) in [6.07, 6.45) is 8.79. The molecule has 3 heterocycles. The van der Waals surface area contributed by atoms with Gasteiger partial charge in [-0.2, -0.15) is 5.10 Å². The molecule has 1 aromatic heterocycles. The lowest BCUT2D eigenvalue weighted by Gasteiger charge is -2.36.